The van der Waals surface area contributed by atoms with Crippen molar-refractivity contribution in [2.24, 2.45) is 5.73 Å². The summed E-state index contributed by atoms with van der Waals surface area (Å²) in [6.45, 7) is -1.33. The molecule has 0 spiro atoms. The third kappa shape index (κ3) is 20.9. The van der Waals surface area contributed by atoms with E-state index in [-0.39, 0.29) is 45.8 Å². The Morgan fingerprint density at radius 2 is 1.57 bits per heavy atom. The van der Waals surface area contributed by atoms with Crippen LogP contribution in [0.5, 0.6) is 0 Å². The Morgan fingerprint density at radius 3 is 2.24 bits per heavy atom. The van der Waals surface area contributed by atoms with Crippen molar-refractivity contribution < 1.29 is 111 Å². The smallest absolute Gasteiger partial charge is 0.463 e. The number of aryl methyl sites for hydroxylation is 1. The van der Waals surface area contributed by atoms with Crippen LogP contribution < -0.4 is 11.1 Å². The average Bonchev–Trinajstić information content (AvgIpc) is 3.84. The lowest BCUT2D eigenvalue weighted by molar-refractivity contribution is -0.383. The van der Waals surface area contributed by atoms with E-state index in [4.69, 9.17) is 47.9 Å². The lowest BCUT2D eigenvalue weighted by Gasteiger charge is -2.43. The molecule has 2 aliphatic rings. The van der Waals surface area contributed by atoms with Crippen LogP contribution in [0.2, 0.25) is 0 Å². The SMILES string of the molecule is CC(=O)O[C@H](COC(N)=O)COP(=O)(O)OCCNC(=O)CCOCCOCCn1cc(CCCCCCCCC(=O)OC[C@H]2O[C@H](O[C@]3(CO)O[C@H](CO)[C@@H](O)[C@@H]3O)[C@H](O)[C@@H](O)[C@@H]2O)nn1. The minimum atomic E-state index is -4.59. The second-order valence-corrected chi connectivity index (χ2v) is 16.9. The van der Waals surface area contributed by atoms with Gasteiger partial charge in [0.15, 0.2) is 12.4 Å². The fourth-order valence-corrected chi connectivity index (χ4v) is 7.29. The van der Waals surface area contributed by atoms with Crippen molar-refractivity contribution in [3.05, 3.63) is 11.9 Å². The van der Waals surface area contributed by atoms with Gasteiger partial charge < -0.3 is 89.6 Å². The summed E-state index contributed by atoms with van der Waals surface area (Å²) in [4.78, 5) is 56.1. The van der Waals surface area contributed by atoms with Gasteiger partial charge in [0.25, 0.3) is 0 Å². The molecule has 0 bridgehead atoms. The summed E-state index contributed by atoms with van der Waals surface area (Å²) in [5.74, 6) is -4.05. The highest BCUT2D eigenvalue weighted by Crippen LogP contribution is 2.43. The van der Waals surface area contributed by atoms with Crippen LogP contribution in [0.3, 0.4) is 0 Å². The number of amides is 2. The number of primary amides is 1. The minimum Gasteiger partial charge on any atom is -0.463 e. The van der Waals surface area contributed by atoms with Crippen molar-refractivity contribution in [3.63, 3.8) is 0 Å². The fraction of sp³-hybridized carbons (Fsp3) is 0.842. The molecule has 28 nitrogen and oxygen atoms in total. The quantitative estimate of drug-likeness (QED) is 0.0138. The molecule has 29 heteroatoms. The molecular weight excluding hydrogens is 925 g/mol. The Labute approximate surface area is 385 Å². The van der Waals surface area contributed by atoms with E-state index < -0.39 is 126 Å². The molecule has 11 N–H and O–H groups in total. The maximum atomic E-state index is 12.4. The van der Waals surface area contributed by atoms with Crippen molar-refractivity contribution in [2.45, 2.75) is 132 Å². The van der Waals surface area contributed by atoms with E-state index in [0.29, 0.717) is 19.6 Å². The molecule has 1 unspecified atom stereocenters. The van der Waals surface area contributed by atoms with Crippen LogP contribution in [-0.4, -0.2) is 213 Å². The maximum absolute atomic E-state index is 12.4. The topological polar surface area (TPSA) is 408 Å². The van der Waals surface area contributed by atoms with Crippen molar-refractivity contribution in [3.8, 4) is 0 Å². The molecule has 3 rings (SSSR count). The summed E-state index contributed by atoms with van der Waals surface area (Å²) < 4.78 is 65.0. The van der Waals surface area contributed by atoms with Gasteiger partial charge in [-0.2, -0.15) is 0 Å². The first kappa shape index (κ1) is 57.8. The normalized spacial score (nSPS) is 26.4. The van der Waals surface area contributed by atoms with Gasteiger partial charge in [0, 0.05) is 32.5 Å². The Bertz CT molecular complexity index is 1680. The third-order valence-corrected chi connectivity index (χ3v) is 11.1. The molecule has 11 atom stereocenters. The molecular formula is C38H66N5O23P. The maximum Gasteiger partial charge on any atom is 0.472 e. The molecule has 386 valence electrons. The highest BCUT2D eigenvalue weighted by molar-refractivity contribution is 7.47. The molecule has 2 fully saturated rings. The van der Waals surface area contributed by atoms with E-state index in [1.807, 2.05) is 6.20 Å². The van der Waals surface area contributed by atoms with Crippen LogP contribution in [0.4, 0.5) is 4.79 Å². The summed E-state index contributed by atoms with van der Waals surface area (Å²) in [6, 6.07) is 0. The molecule has 1 aromatic heterocycles. The van der Waals surface area contributed by atoms with Crippen molar-refractivity contribution in [1.29, 1.82) is 0 Å². The number of carbonyl (C=O) groups is 4. The molecule has 3 heterocycles. The van der Waals surface area contributed by atoms with Gasteiger partial charge in [-0.3, -0.25) is 23.4 Å². The monoisotopic (exact) mass is 991 g/mol. The zero-order chi connectivity index (χ0) is 49.4. The molecule has 2 aliphatic heterocycles. The summed E-state index contributed by atoms with van der Waals surface area (Å²) in [5.41, 5.74) is 5.69. The fourth-order valence-electron chi connectivity index (χ4n) is 6.54. The van der Waals surface area contributed by atoms with Crippen molar-refractivity contribution in [2.75, 3.05) is 72.6 Å². The summed E-state index contributed by atoms with van der Waals surface area (Å²) in [6.07, 6.45) is -8.11. The molecule has 0 saturated carbocycles. The Hall–Kier alpha value is -3.55. The molecule has 2 saturated heterocycles. The summed E-state index contributed by atoms with van der Waals surface area (Å²) in [5, 5.41) is 81.7. The zero-order valence-corrected chi connectivity index (χ0v) is 38.1. The predicted octanol–water partition coefficient (Wildman–Crippen LogP) is -3.58. The molecule has 67 heavy (non-hydrogen) atoms. The Kier molecular flexibility index (Phi) is 26.0. The van der Waals surface area contributed by atoms with Crippen LogP contribution in [-0.2, 0) is 78.9 Å². The lowest BCUT2D eigenvalue weighted by atomic mass is 9.99. The number of aromatic nitrogens is 3. The van der Waals surface area contributed by atoms with Crippen LogP contribution in [0.25, 0.3) is 0 Å². The standard InChI is InChI=1S/C38H66N5O23P/c1-24(46)63-26(20-60-37(39)54)21-62-67(55,56)61-14-11-40-29(47)10-13-57-16-17-58-15-12-43-18-25(41-42-43)8-6-4-2-3-5-7-9-30(48)59-22-28-31(49)33(51)34(52)36(64-28)66-38(23-45)35(53)32(50)27(19-44)65-38/h18,26-28,31-36,44-45,49-53H,2-17,19-23H2,1H3,(H2,39,54)(H,40,47)(H,55,56)/t26-,27-,28-,31-,32-,33+,34-,35+,36-,38+/m1/s1. The van der Waals surface area contributed by atoms with E-state index in [2.05, 4.69) is 20.4 Å². The number of nitrogens with zero attached hydrogens (tertiary/aromatic N) is 3. The van der Waals surface area contributed by atoms with E-state index in [0.717, 1.165) is 51.1 Å². The predicted molar refractivity (Wildman–Crippen MR) is 221 cm³/mol. The van der Waals surface area contributed by atoms with Gasteiger partial charge in [0.2, 0.25) is 11.7 Å². The van der Waals surface area contributed by atoms with Gasteiger partial charge in [0.1, 0.15) is 62.5 Å². The van der Waals surface area contributed by atoms with E-state index in [1.165, 1.54) is 0 Å². The third-order valence-electron chi connectivity index (χ3n) is 10.1. The number of phosphoric ester groups is 1. The number of phosphoric acid groups is 1. The number of nitrogens with two attached hydrogens (primary N) is 1. The number of carbonyl (C=O) groups excluding carboxylic acids is 4. The second-order valence-electron chi connectivity index (χ2n) is 15.4. The first-order valence-corrected chi connectivity index (χ1v) is 23.2. The number of nitrogens with one attached hydrogen (secondary N) is 1. The number of aliphatic hydroxyl groups excluding tert-OH is 7. The Morgan fingerprint density at radius 1 is 0.866 bits per heavy atom. The first-order chi connectivity index (χ1) is 31.9. The highest BCUT2D eigenvalue weighted by Gasteiger charge is 2.58. The number of unbranched alkanes of at least 4 members (excludes halogenated alkanes) is 5. The number of hydrogen-bond acceptors (Lipinski definition) is 24. The van der Waals surface area contributed by atoms with E-state index in [9.17, 15) is 64.4 Å². The summed E-state index contributed by atoms with van der Waals surface area (Å²) in [7, 11) is -4.59. The van der Waals surface area contributed by atoms with E-state index >= 15 is 0 Å². The zero-order valence-electron chi connectivity index (χ0n) is 37.2. The number of aliphatic hydroxyl groups is 7. The van der Waals surface area contributed by atoms with Crippen molar-refractivity contribution >= 4 is 31.8 Å². The van der Waals surface area contributed by atoms with Gasteiger partial charge in [-0.25, -0.2) is 14.0 Å². The van der Waals surface area contributed by atoms with E-state index in [1.54, 1.807) is 4.68 Å². The van der Waals surface area contributed by atoms with Crippen LogP contribution in [0, 0.1) is 0 Å². The minimum absolute atomic E-state index is 0.0178. The molecule has 0 aliphatic carbocycles. The van der Waals surface area contributed by atoms with Gasteiger partial charge in [0.05, 0.1) is 58.5 Å². The number of hydrogen-bond donors (Lipinski definition) is 10. The number of rotatable bonds is 34. The van der Waals surface area contributed by atoms with Crippen LogP contribution in [0.15, 0.2) is 6.20 Å². The molecule has 2 amide bonds. The lowest BCUT2D eigenvalue weighted by Crippen LogP contribution is -2.62. The van der Waals surface area contributed by atoms with Crippen LogP contribution >= 0.6 is 7.82 Å². The molecule has 0 aromatic carbocycles. The summed E-state index contributed by atoms with van der Waals surface area (Å²) >= 11 is 0. The van der Waals surface area contributed by atoms with Crippen molar-refractivity contribution in [1.82, 2.24) is 20.3 Å². The molecule has 1 aromatic rings. The number of esters is 2. The number of ether oxygens (including phenoxy) is 8. The highest BCUT2D eigenvalue weighted by atomic mass is 31.2. The van der Waals surface area contributed by atoms with Gasteiger partial charge in [-0.05, 0) is 19.3 Å². The molecule has 0 radical (unpaired) electrons. The first-order valence-electron chi connectivity index (χ1n) is 21.7. The largest absolute Gasteiger partial charge is 0.472 e. The average molecular weight is 992 g/mol. The Balaban J connectivity index is 1.15. The van der Waals surface area contributed by atoms with Gasteiger partial charge in [-0.1, -0.05) is 30.9 Å². The van der Waals surface area contributed by atoms with Crippen LogP contribution in [0.1, 0.15) is 64.0 Å². The van der Waals surface area contributed by atoms with Gasteiger partial charge in [-0.15, -0.1) is 5.10 Å². The second kappa shape index (κ2) is 30.1. The van der Waals surface area contributed by atoms with Gasteiger partial charge >= 0.3 is 25.9 Å².